The van der Waals surface area contributed by atoms with E-state index in [9.17, 15) is 31.1 Å². The lowest BCUT2D eigenvalue weighted by Gasteiger charge is -2.15. The summed E-state index contributed by atoms with van der Waals surface area (Å²) < 4.78 is 79.2. The molecule has 0 spiro atoms. The first-order valence-corrected chi connectivity index (χ1v) is 10.4. The molecule has 0 fully saturated rings. The third kappa shape index (κ3) is 7.19. The predicted octanol–water partition coefficient (Wildman–Crippen LogP) is 4.28. The van der Waals surface area contributed by atoms with Gasteiger partial charge in [0.05, 0.1) is 12.1 Å². The van der Waals surface area contributed by atoms with E-state index in [0.29, 0.717) is 29.2 Å². The summed E-state index contributed by atoms with van der Waals surface area (Å²) in [5.74, 6) is -5.05. The number of pyridine rings is 1. The molecular weight excluding hydrogens is 566 g/mol. The lowest BCUT2D eigenvalue weighted by molar-refractivity contribution is -0.192. The summed E-state index contributed by atoms with van der Waals surface area (Å²) in [6, 6.07) is 2.66. The van der Waals surface area contributed by atoms with Gasteiger partial charge < -0.3 is 20.1 Å². The number of carbonyl (C=O) groups is 1. The molecule has 0 atom stereocenters. The van der Waals surface area contributed by atoms with Crippen molar-refractivity contribution < 1.29 is 41.0 Å². The van der Waals surface area contributed by atoms with Crippen molar-refractivity contribution in [2.45, 2.75) is 33.2 Å². The SMILES string of the molecule is Cc1ncc(Cn2c(C)cc(OCc3c(F)cc(F)cc3F)c(Br)c2=O)c(N)n1.O=C(O)C(F)(F)F. The summed E-state index contributed by atoms with van der Waals surface area (Å²) in [6.07, 6.45) is -3.54. The maximum absolute atomic E-state index is 13.8. The number of halogens is 7. The maximum Gasteiger partial charge on any atom is 0.490 e. The fourth-order valence-electron chi connectivity index (χ4n) is 2.68. The molecule has 15 heteroatoms. The minimum Gasteiger partial charge on any atom is -0.487 e. The van der Waals surface area contributed by atoms with Gasteiger partial charge in [0.1, 0.15) is 45.9 Å². The van der Waals surface area contributed by atoms with E-state index in [-0.39, 0.29) is 22.6 Å². The Morgan fingerprint density at radius 2 is 1.72 bits per heavy atom. The molecule has 0 aliphatic heterocycles. The van der Waals surface area contributed by atoms with E-state index in [1.54, 1.807) is 20.0 Å². The van der Waals surface area contributed by atoms with Gasteiger partial charge in [-0.15, -0.1) is 0 Å². The second-order valence-electron chi connectivity index (χ2n) is 7.12. The monoisotopic (exact) mass is 582 g/mol. The molecular formula is C21H17BrF6N4O4. The Morgan fingerprint density at radius 1 is 1.17 bits per heavy atom. The third-order valence-corrected chi connectivity index (χ3v) is 5.21. The number of nitrogens with zero attached hydrogens (tertiary/aromatic N) is 3. The highest BCUT2D eigenvalue weighted by Crippen LogP contribution is 2.25. The molecule has 0 aliphatic rings. The number of nitrogen functional groups attached to an aromatic ring is 1. The van der Waals surface area contributed by atoms with Gasteiger partial charge in [0.25, 0.3) is 5.56 Å². The molecule has 1 aromatic carbocycles. The highest BCUT2D eigenvalue weighted by atomic mass is 79.9. The van der Waals surface area contributed by atoms with Crippen LogP contribution in [-0.4, -0.2) is 31.8 Å². The van der Waals surface area contributed by atoms with Gasteiger partial charge in [0.2, 0.25) is 0 Å². The van der Waals surface area contributed by atoms with Gasteiger partial charge in [-0.1, -0.05) is 0 Å². The number of hydrogen-bond donors (Lipinski definition) is 2. The largest absolute Gasteiger partial charge is 0.490 e. The van der Waals surface area contributed by atoms with Crippen LogP contribution in [0.25, 0.3) is 0 Å². The van der Waals surface area contributed by atoms with Crippen LogP contribution in [0.3, 0.4) is 0 Å². The van der Waals surface area contributed by atoms with E-state index in [1.807, 2.05) is 0 Å². The highest BCUT2D eigenvalue weighted by molar-refractivity contribution is 9.10. The highest BCUT2D eigenvalue weighted by Gasteiger charge is 2.38. The quantitative estimate of drug-likeness (QED) is 0.431. The molecule has 3 aromatic rings. The summed E-state index contributed by atoms with van der Waals surface area (Å²) >= 11 is 3.16. The molecule has 36 heavy (non-hydrogen) atoms. The number of aryl methyl sites for hydroxylation is 2. The van der Waals surface area contributed by atoms with E-state index in [0.717, 1.165) is 0 Å². The summed E-state index contributed by atoms with van der Waals surface area (Å²) in [6.45, 7) is 2.99. The zero-order valence-corrected chi connectivity index (χ0v) is 20.0. The molecule has 0 saturated heterocycles. The smallest absolute Gasteiger partial charge is 0.487 e. The van der Waals surface area contributed by atoms with Crippen LogP contribution in [0.4, 0.5) is 32.2 Å². The fourth-order valence-corrected chi connectivity index (χ4v) is 3.12. The molecule has 194 valence electrons. The first-order valence-electron chi connectivity index (χ1n) is 9.66. The third-order valence-electron chi connectivity index (χ3n) is 4.48. The molecule has 0 bridgehead atoms. The van der Waals surface area contributed by atoms with Gasteiger partial charge in [-0.05, 0) is 29.8 Å². The van der Waals surface area contributed by atoms with E-state index < -0.39 is 47.3 Å². The van der Waals surface area contributed by atoms with Crippen molar-refractivity contribution in [1.82, 2.24) is 14.5 Å². The Kier molecular flexibility index (Phi) is 9.07. The van der Waals surface area contributed by atoms with Crippen LogP contribution in [0.1, 0.15) is 22.6 Å². The van der Waals surface area contributed by atoms with Crippen molar-refractivity contribution in [3.8, 4) is 5.75 Å². The Labute approximate surface area is 207 Å². The van der Waals surface area contributed by atoms with Gasteiger partial charge in [0.15, 0.2) is 0 Å². The van der Waals surface area contributed by atoms with Crippen LogP contribution in [0, 0.1) is 31.3 Å². The normalized spacial score (nSPS) is 11.0. The van der Waals surface area contributed by atoms with Crippen molar-refractivity contribution in [2.75, 3.05) is 5.73 Å². The van der Waals surface area contributed by atoms with Crippen molar-refractivity contribution in [3.63, 3.8) is 0 Å². The van der Waals surface area contributed by atoms with E-state index in [2.05, 4.69) is 25.9 Å². The van der Waals surface area contributed by atoms with Crippen LogP contribution in [0.5, 0.6) is 5.75 Å². The molecule has 3 rings (SSSR count). The predicted molar refractivity (Wildman–Crippen MR) is 118 cm³/mol. The molecule has 0 aliphatic carbocycles. The molecule has 8 nitrogen and oxygen atoms in total. The zero-order valence-electron chi connectivity index (χ0n) is 18.5. The Balaban J connectivity index is 0.000000572. The average Bonchev–Trinajstić information content (AvgIpc) is 2.75. The second-order valence-corrected chi connectivity index (χ2v) is 7.92. The van der Waals surface area contributed by atoms with Crippen LogP contribution in [0.15, 0.2) is 33.7 Å². The molecule has 0 radical (unpaired) electrons. The Hall–Kier alpha value is -3.62. The standard InChI is InChI=1S/C19H16BrF3N4O2.C2HF3O2/c1-9-3-16(29-8-13-14(22)4-12(21)5-15(13)23)17(20)19(28)27(9)7-11-6-25-10(2)26-18(11)24;3-2(4,5)1(6)7/h3-6H,7-8H2,1-2H3,(H2,24,25,26);(H,6,7). The number of benzene rings is 1. The Morgan fingerprint density at radius 3 is 2.22 bits per heavy atom. The van der Waals surface area contributed by atoms with Gasteiger partial charge >= 0.3 is 12.1 Å². The van der Waals surface area contributed by atoms with Gasteiger partial charge in [0, 0.05) is 35.7 Å². The maximum atomic E-state index is 13.8. The number of aromatic nitrogens is 3. The summed E-state index contributed by atoms with van der Waals surface area (Å²) in [4.78, 5) is 29.8. The fraction of sp³-hybridized carbons (Fsp3) is 0.238. The number of anilines is 1. The van der Waals surface area contributed by atoms with Crippen molar-refractivity contribution >= 4 is 27.7 Å². The number of hydrogen-bond acceptors (Lipinski definition) is 6. The number of nitrogens with two attached hydrogens (primary N) is 1. The lowest BCUT2D eigenvalue weighted by Crippen LogP contribution is -2.25. The minimum absolute atomic E-state index is 0.0672. The molecule has 0 unspecified atom stereocenters. The Bertz CT molecular complexity index is 1320. The van der Waals surface area contributed by atoms with Crippen LogP contribution in [0.2, 0.25) is 0 Å². The molecule has 3 N–H and O–H groups in total. The molecule has 0 amide bonds. The van der Waals surface area contributed by atoms with E-state index in [4.69, 9.17) is 20.4 Å². The van der Waals surface area contributed by atoms with Crippen LogP contribution in [-0.2, 0) is 17.9 Å². The first kappa shape index (κ1) is 28.6. The van der Waals surface area contributed by atoms with Crippen molar-refractivity contribution in [2.24, 2.45) is 0 Å². The zero-order chi connectivity index (χ0) is 27.4. The first-order chi connectivity index (χ1) is 16.6. The number of carboxylic acid groups (broad SMARTS) is 1. The number of rotatable bonds is 5. The van der Waals surface area contributed by atoms with Gasteiger partial charge in [-0.3, -0.25) is 4.79 Å². The number of ether oxygens (including phenoxy) is 1. The molecule has 2 aromatic heterocycles. The second kappa shape index (κ2) is 11.4. The van der Waals surface area contributed by atoms with Gasteiger partial charge in [-0.25, -0.2) is 27.9 Å². The van der Waals surface area contributed by atoms with Gasteiger partial charge in [-0.2, -0.15) is 13.2 Å². The summed E-state index contributed by atoms with van der Waals surface area (Å²) in [5.41, 5.74) is 6.11. The lowest BCUT2D eigenvalue weighted by atomic mass is 10.2. The summed E-state index contributed by atoms with van der Waals surface area (Å²) in [7, 11) is 0. The van der Waals surface area contributed by atoms with E-state index >= 15 is 0 Å². The van der Waals surface area contributed by atoms with E-state index in [1.165, 1.54) is 10.6 Å². The van der Waals surface area contributed by atoms with Crippen molar-refractivity contribution in [1.29, 1.82) is 0 Å². The molecule has 2 heterocycles. The number of alkyl halides is 3. The van der Waals surface area contributed by atoms with Crippen LogP contribution < -0.4 is 16.0 Å². The minimum atomic E-state index is -5.08. The number of aliphatic carboxylic acids is 1. The average molecular weight is 583 g/mol. The topological polar surface area (TPSA) is 120 Å². The number of carboxylic acids is 1. The van der Waals surface area contributed by atoms with Crippen molar-refractivity contribution in [3.05, 3.63) is 79.3 Å². The summed E-state index contributed by atoms with van der Waals surface area (Å²) in [5, 5.41) is 7.12. The van der Waals surface area contributed by atoms with Crippen LogP contribution >= 0.6 is 15.9 Å². The molecule has 0 saturated carbocycles.